The van der Waals surface area contributed by atoms with E-state index in [9.17, 15) is 9.59 Å². The van der Waals surface area contributed by atoms with Gasteiger partial charge in [-0.2, -0.15) is 0 Å². The van der Waals surface area contributed by atoms with Crippen molar-refractivity contribution >= 4 is 11.8 Å². The van der Waals surface area contributed by atoms with Crippen LogP contribution in [0.1, 0.15) is 52.4 Å². The number of rotatable bonds is 2. The summed E-state index contributed by atoms with van der Waals surface area (Å²) >= 11 is 0. The number of carbonyl (C=O) groups excluding carboxylic acids is 2. The molecule has 3 aliphatic heterocycles. The number of hydrogen-bond donors (Lipinski definition) is 1. The van der Waals surface area contributed by atoms with E-state index in [0.29, 0.717) is 5.41 Å². The minimum Gasteiger partial charge on any atom is -0.341 e. The molecule has 1 N–H and O–H groups in total. The molecule has 5 heteroatoms. The van der Waals surface area contributed by atoms with Crippen molar-refractivity contribution in [3.8, 4) is 0 Å². The predicted molar refractivity (Wildman–Crippen MR) is 89.9 cm³/mol. The van der Waals surface area contributed by atoms with Crippen molar-refractivity contribution < 1.29 is 9.59 Å². The summed E-state index contributed by atoms with van der Waals surface area (Å²) in [4.78, 5) is 29.3. The van der Waals surface area contributed by atoms with Crippen LogP contribution in [0.4, 0.5) is 0 Å². The van der Waals surface area contributed by atoms with Crippen LogP contribution in [0.3, 0.4) is 0 Å². The molecule has 3 fully saturated rings. The van der Waals surface area contributed by atoms with Gasteiger partial charge in [0.25, 0.3) is 0 Å². The van der Waals surface area contributed by atoms with Crippen molar-refractivity contribution in [1.82, 2.24) is 15.1 Å². The second kappa shape index (κ2) is 6.80. The average Bonchev–Trinajstić information content (AvgIpc) is 3.02. The monoisotopic (exact) mass is 321 g/mol. The van der Waals surface area contributed by atoms with Gasteiger partial charge < -0.3 is 15.1 Å². The topological polar surface area (TPSA) is 52.7 Å². The molecular weight excluding hydrogens is 290 g/mol. The lowest BCUT2D eigenvalue weighted by atomic mass is 9.77. The lowest BCUT2D eigenvalue weighted by Gasteiger charge is -2.43. The molecule has 3 saturated heterocycles. The first kappa shape index (κ1) is 16.7. The van der Waals surface area contributed by atoms with Crippen LogP contribution in [0.15, 0.2) is 0 Å². The first-order valence-corrected chi connectivity index (χ1v) is 9.32. The Bertz CT molecular complexity index is 447. The minimum absolute atomic E-state index is 0.0300. The number of carbonyl (C=O) groups is 2. The summed E-state index contributed by atoms with van der Waals surface area (Å²) in [6.07, 6.45) is 6.38. The summed E-state index contributed by atoms with van der Waals surface area (Å²) < 4.78 is 0. The molecule has 3 aliphatic rings. The van der Waals surface area contributed by atoms with Gasteiger partial charge in [0, 0.05) is 32.1 Å². The largest absolute Gasteiger partial charge is 0.341 e. The molecular formula is C18H31N3O2. The average molecular weight is 321 g/mol. The molecule has 1 atom stereocenters. The number of amides is 2. The molecule has 5 nitrogen and oxygen atoms in total. The van der Waals surface area contributed by atoms with Crippen molar-refractivity contribution in [2.45, 2.75) is 58.4 Å². The van der Waals surface area contributed by atoms with E-state index in [2.05, 4.69) is 5.32 Å². The van der Waals surface area contributed by atoms with Crippen molar-refractivity contribution in [2.75, 3.05) is 32.7 Å². The molecule has 1 unspecified atom stereocenters. The summed E-state index contributed by atoms with van der Waals surface area (Å²) in [5.41, 5.74) is 0.427. The van der Waals surface area contributed by atoms with Gasteiger partial charge >= 0.3 is 0 Å². The highest BCUT2D eigenvalue weighted by Gasteiger charge is 2.41. The summed E-state index contributed by atoms with van der Waals surface area (Å²) in [5.74, 6) is 0.300. The second-order valence-electron chi connectivity index (χ2n) is 7.95. The highest BCUT2D eigenvalue weighted by atomic mass is 16.2. The fraction of sp³-hybridized carbons (Fsp3) is 0.889. The second-order valence-corrected chi connectivity index (χ2v) is 7.95. The predicted octanol–water partition coefficient (Wildman–Crippen LogP) is 1.63. The van der Waals surface area contributed by atoms with Crippen LogP contribution in [-0.2, 0) is 9.59 Å². The summed E-state index contributed by atoms with van der Waals surface area (Å²) in [6.45, 7) is 8.55. The van der Waals surface area contributed by atoms with Crippen molar-refractivity contribution in [2.24, 2.45) is 11.3 Å². The van der Waals surface area contributed by atoms with Gasteiger partial charge in [-0.1, -0.05) is 13.8 Å². The van der Waals surface area contributed by atoms with Gasteiger partial charge in [0.2, 0.25) is 11.8 Å². The van der Waals surface area contributed by atoms with E-state index in [-0.39, 0.29) is 23.8 Å². The highest BCUT2D eigenvalue weighted by Crippen LogP contribution is 2.37. The van der Waals surface area contributed by atoms with Crippen LogP contribution in [-0.4, -0.2) is 60.4 Å². The molecule has 130 valence electrons. The quantitative estimate of drug-likeness (QED) is 0.841. The first-order chi connectivity index (χ1) is 11.0. The van der Waals surface area contributed by atoms with Crippen LogP contribution >= 0.6 is 0 Å². The van der Waals surface area contributed by atoms with Gasteiger partial charge in [0.15, 0.2) is 0 Å². The smallest absolute Gasteiger partial charge is 0.245 e. The molecule has 3 rings (SSSR count). The summed E-state index contributed by atoms with van der Waals surface area (Å²) in [7, 11) is 0. The summed E-state index contributed by atoms with van der Waals surface area (Å²) in [6, 6.07) is -0.214. The van der Waals surface area contributed by atoms with Gasteiger partial charge in [0.05, 0.1) is 0 Å². The van der Waals surface area contributed by atoms with Crippen LogP contribution in [0.25, 0.3) is 0 Å². The normalized spacial score (nSPS) is 27.7. The Balaban J connectivity index is 1.63. The number of piperidine rings is 2. The molecule has 23 heavy (non-hydrogen) atoms. The van der Waals surface area contributed by atoms with E-state index in [0.717, 1.165) is 64.8 Å². The summed E-state index contributed by atoms with van der Waals surface area (Å²) in [5, 5.41) is 3.47. The fourth-order valence-corrected chi connectivity index (χ4v) is 4.42. The van der Waals surface area contributed by atoms with Crippen LogP contribution in [0.2, 0.25) is 0 Å². The third-order valence-electron chi connectivity index (χ3n) is 6.03. The van der Waals surface area contributed by atoms with Crippen LogP contribution in [0, 0.1) is 11.3 Å². The van der Waals surface area contributed by atoms with E-state index in [1.165, 1.54) is 6.42 Å². The van der Waals surface area contributed by atoms with Gasteiger partial charge in [-0.15, -0.1) is 0 Å². The standard InChI is InChI=1S/C18H31N3O2/c1-14(2)16(22)21-10-4-3-5-15(21)17(23)20-11-7-18(8-12-20)6-9-19-13-18/h14-15,19H,3-13H2,1-2H3. The van der Waals surface area contributed by atoms with Gasteiger partial charge in [-0.3, -0.25) is 9.59 Å². The van der Waals surface area contributed by atoms with Gasteiger partial charge in [-0.05, 0) is 50.5 Å². The Labute approximate surface area is 139 Å². The molecule has 0 saturated carbocycles. The van der Waals surface area contributed by atoms with E-state index in [1.54, 1.807) is 0 Å². The molecule has 3 heterocycles. The van der Waals surface area contributed by atoms with Gasteiger partial charge in [0.1, 0.15) is 6.04 Å². The minimum atomic E-state index is -0.214. The van der Waals surface area contributed by atoms with Crippen molar-refractivity contribution in [1.29, 1.82) is 0 Å². The highest BCUT2D eigenvalue weighted by molar-refractivity contribution is 5.88. The number of hydrogen-bond acceptors (Lipinski definition) is 3. The SMILES string of the molecule is CC(C)C(=O)N1CCCCC1C(=O)N1CCC2(CCNC2)CC1. The van der Waals surface area contributed by atoms with E-state index in [1.807, 2.05) is 23.6 Å². The zero-order valence-electron chi connectivity index (χ0n) is 14.6. The zero-order valence-corrected chi connectivity index (χ0v) is 14.6. The Kier molecular flexibility index (Phi) is 4.95. The molecule has 1 spiro atoms. The van der Waals surface area contributed by atoms with Crippen molar-refractivity contribution in [3.63, 3.8) is 0 Å². The van der Waals surface area contributed by atoms with E-state index < -0.39 is 0 Å². The fourth-order valence-electron chi connectivity index (χ4n) is 4.42. The van der Waals surface area contributed by atoms with Crippen LogP contribution in [0.5, 0.6) is 0 Å². The molecule has 0 radical (unpaired) electrons. The molecule has 0 aromatic carbocycles. The Morgan fingerprint density at radius 1 is 1.09 bits per heavy atom. The Hall–Kier alpha value is -1.10. The number of nitrogens with one attached hydrogen (secondary N) is 1. The van der Waals surface area contributed by atoms with Gasteiger partial charge in [-0.25, -0.2) is 0 Å². The zero-order chi connectivity index (χ0) is 16.4. The number of nitrogens with zero attached hydrogens (tertiary/aromatic N) is 2. The number of likely N-dealkylation sites (tertiary alicyclic amines) is 2. The maximum atomic E-state index is 13.0. The third-order valence-corrected chi connectivity index (χ3v) is 6.03. The molecule has 0 aromatic heterocycles. The lowest BCUT2D eigenvalue weighted by molar-refractivity contribution is -0.150. The Morgan fingerprint density at radius 3 is 2.43 bits per heavy atom. The lowest BCUT2D eigenvalue weighted by Crippen LogP contribution is -2.56. The molecule has 0 bridgehead atoms. The van der Waals surface area contributed by atoms with Crippen LogP contribution < -0.4 is 5.32 Å². The molecule has 2 amide bonds. The molecule has 0 aliphatic carbocycles. The van der Waals surface area contributed by atoms with E-state index >= 15 is 0 Å². The van der Waals surface area contributed by atoms with E-state index in [4.69, 9.17) is 0 Å². The molecule has 0 aromatic rings. The maximum absolute atomic E-state index is 13.0. The maximum Gasteiger partial charge on any atom is 0.245 e. The Morgan fingerprint density at radius 2 is 1.83 bits per heavy atom. The third kappa shape index (κ3) is 3.39. The first-order valence-electron chi connectivity index (χ1n) is 9.32. The van der Waals surface area contributed by atoms with Crippen molar-refractivity contribution in [3.05, 3.63) is 0 Å².